The van der Waals surface area contributed by atoms with Crippen molar-refractivity contribution >= 4 is 22.6 Å². The van der Waals surface area contributed by atoms with Crippen LogP contribution in [0.5, 0.6) is 5.75 Å². The predicted molar refractivity (Wildman–Crippen MR) is 123 cm³/mol. The van der Waals surface area contributed by atoms with E-state index in [9.17, 15) is 14.7 Å². The average Bonchev–Trinajstić information content (AvgIpc) is 3.62. The molecule has 8 heteroatoms. The van der Waals surface area contributed by atoms with Gasteiger partial charge in [0, 0.05) is 38.4 Å². The van der Waals surface area contributed by atoms with Crippen LogP contribution in [0, 0.1) is 5.82 Å². The van der Waals surface area contributed by atoms with Gasteiger partial charge in [-0.25, -0.2) is 9.18 Å². The van der Waals surface area contributed by atoms with Crippen LogP contribution in [0.15, 0.2) is 17.1 Å². The first-order chi connectivity index (χ1) is 15.5. The first kappa shape index (κ1) is 22.6. The van der Waals surface area contributed by atoms with Gasteiger partial charge in [0.15, 0.2) is 11.6 Å². The molecule has 1 aromatic carbocycles. The number of piperazine rings is 1. The SMILES string of the molecule is CCCCCCN1CCN(c2c(F)cc3c(=O)c(C(=O)O)cn(C4CC4)c3c2OC)CC1. The number of benzene rings is 1. The lowest BCUT2D eigenvalue weighted by atomic mass is 10.1. The summed E-state index contributed by atoms with van der Waals surface area (Å²) >= 11 is 0. The van der Waals surface area contributed by atoms with Gasteiger partial charge < -0.3 is 19.3 Å². The maximum absolute atomic E-state index is 15.4. The lowest BCUT2D eigenvalue weighted by Gasteiger charge is -2.37. The van der Waals surface area contributed by atoms with Crippen molar-refractivity contribution in [2.24, 2.45) is 0 Å². The van der Waals surface area contributed by atoms with Crippen LogP contribution in [0.1, 0.15) is 61.8 Å². The molecule has 2 aromatic rings. The first-order valence-corrected chi connectivity index (χ1v) is 11.6. The van der Waals surface area contributed by atoms with E-state index in [1.807, 2.05) is 4.90 Å². The molecule has 2 aliphatic rings. The van der Waals surface area contributed by atoms with E-state index in [2.05, 4.69) is 11.8 Å². The largest absolute Gasteiger partial charge is 0.492 e. The van der Waals surface area contributed by atoms with E-state index in [0.29, 0.717) is 30.0 Å². The van der Waals surface area contributed by atoms with Gasteiger partial charge in [0.05, 0.1) is 18.0 Å². The summed E-state index contributed by atoms with van der Waals surface area (Å²) in [7, 11) is 1.48. The molecular formula is C24H32FN3O4. The molecule has 0 amide bonds. The van der Waals surface area contributed by atoms with E-state index in [0.717, 1.165) is 32.5 Å². The summed E-state index contributed by atoms with van der Waals surface area (Å²) in [6, 6.07) is 1.29. The second-order valence-electron chi connectivity index (χ2n) is 8.84. The number of aromatic carboxylic acids is 1. The fourth-order valence-electron chi connectivity index (χ4n) is 4.68. The minimum Gasteiger partial charge on any atom is -0.492 e. The Morgan fingerprint density at radius 1 is 1.19 bits per heavy atom. The van der Waals surface area contributed by atoms with E-state index >= 15 is 4.39 Å². The molecule has 1 aliphatic heterocycles. The van der Waals surface area contributed by atoms with E-state index < -0.39 is 17.2 Å². The number of halogens is 1. The maximum atomic E-state index is 15.4. The fraction of sp³-hybridized carbons (Fsp3) is 0.583. The van der Waals surface area contributed by atoms with Crippen molar-refractivity contribution in [2.75, 3.05) is 44.7 Å². The third-order valence-corrected chi connectivity index (χ3v) is 6.59. The Morgan fingerprint density at radius 2 is 1.91 bits per heavy atom. The number of carboxylic acid groups (broad SMARTS) is 1. The number of anilines is 1. The van der Waals surface area contributed by atoms with Crippen LogP contribution in [0.3, 0.4) is 0 Å². The van der Waals surface area contributed by atoms with Crippen LogP contribution in [0.2, 0.25) is 0 Å². The van der Waals surface area contributed by atoms with Crippen molar-refractivity contribution in [2.45, 2.75) is 51.5 Å². The van der Waals surface area contributed by atoms with E-state index in [1.54, 1.807) is 4.57 Å². The van der Waals surface area contributed by atoms with E-state index in [-0.39, 0.29) is 17.0 Å². The Kier molecular flexibility index (Phi) is 6.69. The maximum Gasteiger partial charge on any atom is 0.341 e. The zero-order valence-corrected chi connectivity index (χ0v) is 18.9. The summed E-state index contributed by atoms with van der Waals surface area (Å²) in [6.45, 7) is 6.31. The van der Waals surface area contributed by atoms with Gasteiger partial charge >= 0.3 is 5.97 Å². The van der Waals surface area contributed by atoms with Gasteiger partial charge in [-0.15, -0.1) is 0 Å². The number of hydrogen-bond acceptors (Lipinski definition) is 5. The molecule has 0 atom stereocenters. The van der Waals surface area contributed by atoms with Crippen LogP contribution in [-0.4, -0.2) is 60.4 Å². The molecule has 4 rings (SSSR count). The van der Waals surface area contributed by atoms with Crippen LogP contribution in [0.25, 0.3) is 10.9 Å². The van der Waals surface area contributed by atoms with Crippen molar-refractivity contribution in [3.05, 3.63) is 33.9 Å². The number of aromatic nitrogens is 1. The molecule has 2 fully saturated rings. The smallest absolute Gasteiger partial charge is 0.341 e. The highest BCUT2D eigenvalue weighted by Gasteiger charge is 2.32. The number of hydrogen-bond donors (Lipinski definition) is 1. The Hall–Kier alpha value is -2.61. The monoisotopic (exact) mass is 445 g/mol. The van der Waals surface area contributed by atoms with E-state index in [4.69, 9.17) is 4.74 Å². The number of unbranched alkanes of at least 4 members (excludes halogenated alkanes) is 3. The topological polar surface area (TPSA) is 75.0 Å². The van der Waals surface area contributed by atoms with Gasteiger partial charge in [0.2, 0.25) is 5.43 Å². The molecule has 32 heavy (non-hydrogen) atoms. The molecule has 1 saturated heterocycles. The van der Waals surface area contributed by atoms with Crippen molar-refractivity contribution in [1.82, 2.24) is 9.47 Å². The van der Waals surface area contributed by atoms with Gasteiger partial charge in [-0.1, -0.05) is 26.2 Å². The number of pyridine rings is 1. The summed E-state index contributed by atoms with van der Waals surface area (Å²) < 4.78 is 22.8. The Labute approximate surface area is 187 Å². The number of nitrogens with zero attached hydrogens (tertiary/aromatic N) is 3. The van der Waals surface area contributed by atoms with Crippen molar-refractivity contribution in [3.63, 3.8) is 0 Å². The molecule has 174 valence electrons. The Bertz CT molecular complexity index is 1060. The molecule has 1 aromatic heterocycles. The molecule has 0 radical (unpaired) electrons. The summed E-state index contributed by atoms with van der Waals surface area (Å²) in [5, 5.41) is 9.53. The molecule has 0 spiro atoms. The molecule has 1 N–H and O–H groups in total. The normalized spacial score (nSPS) is 17.2. The quantitative estimate of drug-likeness (QED) is 0.591. The summed E-state index contributed by atoms with van der Waals surface area (Å²) in [5.74, 6) is -1.53. The summed E-state index contributed by atoms with van der Waals surface area (Å²) in [4.78, 5) is 28.8. The summed E-state index contributed by atoms with van der Waals surface area (Å²) in [6.07, 6.45) is 8.07. The molecule has 0 bridgehead atoms. The van der Waals surface area contributed by atoms with Crippen molar-refractivity contribution < 1.29 is 19.0 Å². The number of carbonyl (C=O) groups is 1. The molecular weight excluding hydrogens is 413 g/mol. The third kappa shape index (κ3) is 4.33. The predicted octanol–water partition coefficient (Wildman–Crippen LogP) is 3.88. The highest BCUT2D eigenvalue weighted by Crippen LogP contribution is 2.43. The fourth-order valence-corrected chi connectivity index (χ4v) is 4.68. The second kappa shape index (κ2) is 9.48. The van der Waals surface area contributed by atoms with Crippen molar-refractivity contribution in [1.29, 1.82) is 0 Å². The molecule has 1 aliphatic carbocycles. The molecule has 7 nitrogen and oxygen atoms in total. The molecule has 2 heterocycles. The Morgan fingerprint density at radius 3 is 2.50 bits per heavy atom. The number of fused-ring (bicyclic) bond motifs is 1. The van der Waals surface area contributed by atoms with Crippen LogP contribution < -0.4 is 15.1 Å². The second-order valence-corrected chi connectivity index (χ2v) is 8.84. The van der Waals surface area contributed by atoms with Gasteiger partial charge in [-0.05, 0) is 31.9 Å². The number of carboxylic acids is 1. The number of methoxy groups -OCH3 is 1. The highest BCUT2D eigenvalue weighted by atomic mass is 19.1. The average molecular weight is 446 g/mol. The van der Waals surface area contributed by atoms with Crippen molar-refractivity contribution in [3.8, 4) is 5.75 Å². The number of ether oxygens (including phenoxy) is 1. The first-order valence-electron chi connectivity index (χ1n) is 11.6. The van der Waals surface area contributed by atoms with Gasteiger partial charge in [0.25, 0.3) is 0 Å². The lowest BCUT2D eigenvalue weighted by molar-refractivity contribution is 0.0695. The summed E-state index contributed by atoms with van der Waals surface area (Å²) in [5.41, 5.74) is -0.161. The van der Waals surface area contributed by atoms with Crippen LogP contribution in [-0.2, 0) is 0 Å². The zero-order valence-electron chi connectivity index (χ0n) is 18.9. The van der Waals surface area contributed by atoms with Gasteiger partial charge in [-0.3, -0.25) is 9.69 Å². The van der Waals surface area contributed by atoms with Crippen LogP contribution >= 0.6 is 0 Å². The zero-order chi connectivity index (χ0) is 22.8. The Balaban J connectivity index is 1.68. The standard InChI is InChI=1S/C24H32FN3O4/c1-3-4-5-6-9-26-10-12-27(13-11-26)21-19(25)14-17-20(23(21)32-2)28(16-7-8-16)15-18(22(17)29)24(30)31/h14-16H,3-13H2,1-2H3,(H,30,31). The lowest BCUT2D eigenvalue weighted by Crippen LogP contribution is -2.47. The number of rotatable bonds is 9. The minimum atomic E-state index is -1.30. The van der Waals surface area contributed by atoms with Gasteiger partial charge in [-0.2, -0.15) is 0 Å². The third-order valence-electron chi connectivity index (χ3n) is 6.59. The van der Waals surface area contributed by atoms with Gasteiger partial charge in [0.1, 0.15) is 11.3 Å². The van der Waals surface area contributed by atoms with E-state index in [1.165, 1.54) is 45.1 Å². The molecule has 1 saturated carbocycles. The minimum absolute atomic E-state index is 0.0597. The van der Waals surface area contributed by atoms with Crippen LogP contribution in [0.4, 0.5) is 10.1 Å². The molecule has 0 unspecified atom stereocenters. The highest BCUT2D eigenvalue weighted by molar-refractivity contribution is 5.97.